The third-order valence-electron chi connectivity index (χ3n) is 3.74. The predicted octanol–water partition coefficient (Wildman–Crippen LogP) is 1.58. The van der Waals surface area contributed by atoms with E-state index in [0.29, 0.717) is 11.6 Å². The number of imidazole rings is 1. The zero-order chi connectivity index (χ0) is 13.9. The highest BCUT2D eigenvalue weighted by Gasteiger charge is 2.38. The molecule has 0 bridgehead atoms. The first-order chi connectivity index (χ1) is 9.55. The Balaban J connectivity index is 1.93. The Hall–Kier alpha value is -2.70. The van der Waals surface area contributed by atoms with Crippen LogP contribution in [0.25, 0.3) is 22.7 Å². The summed E-state index contributed by atoms with van der Waals surface area (Å²) >= 11 is 0. The van der Waals surface area contributed by atoms with Gasteiger partial charge in [-0.05, 0) is 31.5 Å². The Morgan fingerprint density at radius 2 is 2.10 bits per heavy atom. The van der Waals surface area contributed by atoms with Crippen LogP contribution in [0, 0.1) is 0 Å². The van der Waals surface area contributed by atoms with Crippen LogP contribution in [0.5, 0.6) is 0 Å². The number of hydrogen-bond donors (Lipinski definition) is 3. The van der Waals surface area contributed by atoms with Crippen LogP contribution in [0.15, 0.2) is 18.5 Å². The van der Waals surface area contributed by atoms with Gasteiger partial charge in [-0.15, -0.1) is 0 Å². The fraction of sp³-hybridized carbons (Fsp3) is 0.231. The number of nitrogens with zero attached hydrogens (tertiary/aromatic N) is 3. The maximum Gasteiger partial charge on any atom is 0.234 e. The summed E-state index contributed by atoms with van der Waals surface area (Å²) in [6.45, 7) is 3.81. The van der Waals surface area contributed by atoms with Gasteiger partial charge in [-0.2, -0.15) is 5.10 Å². The summed E-state index contributed by atoms with van der Waals surface area (Å²) in [4.78, 5) is 23.7. The van der Waals surface area contributed by atoms with Gasteiger partial charge < -0.3 is 10.3 Å². The molecule has 1 aliphatic rings. The van der Waals surface area contributed by atoms with E-state index in [9.17, 15) is 4.79 Å². The van der Waals surface area contributed by atoms with Gasteiger partial charge in [-0.3, -0.25) is 9.89 Å². The Kier molecular flexibility index (Phi) is 1.92. The van der Waals surface area contributed by atoms with Crippen molar-refractivity contribution in [3.8, 4) is 11.6 Å². The minimum atomic E-state index is -0.535. The van der Waals surface area contributed by atoms with Gasteiger partial charge in [0.05, 0.1) is 16.4 Å². The van der Waals surface area contributed by atoms with E-state index in [1.165, 1.54) is 6.33 Å². The number of hydrogen-bond acceptors (Lipinski definition) is 4. The van der Waals surface area contributed by atoms with Crippen molar-refractivity contribution in [2.45, 2.75) is 19.3 Å². The van der Waals surface area contributed by atoms with Crippen LogP contribution in [-0.4, -0.2) is 31.1 Å². The van der Waals surface area contributed by atoms with Crippen molar-refractivity contribution in [3.05, 3.63) is 24.0 Å². The van der Waals surface area contributed by atoms with Gasteiger partial charge in [0, 0.05) is 5.69 Å². The summed E-state index contributed by atoms with van der Waals surface area (Å²) in [5, 5.41) is 9.56. The minimum absolute atomic E-state index is 0.00865. The first-order valence-corrected chi connectivity index (χ1v) is 6.27. The van der Waals surface area contributed by atoms with Crippen LogP contribution < -0.4 is 5.32 Å². The van der Waals surface area contributed by atoms with Crippen molar-refractivity contribution in [1.29, 1.82) is 0 Å². The highest BCUT2D eigenvalue weighted by atomic mass is 16.2. The zero-order valence-corrected chi connectivity index (χ0v) is 11.0. The molecular weight excluding hydrogens is 256 g/mol. The Labute approximate surface area is 113 Å². The van der Waals surface area contributed by atoms with Crippen molar-refractivity contribution in [2.75, 3.05) is 5.32 Å². The lowest BCUT2D eigenvalue weighted by atomic mass is 9.86. The second-order valence-corrected chi connectivity index (χ2v) is 5.40. The number of aromatic amines is 2. The van der Waals surface area contributed by atoms with Gasteiger partial charge in [0.2, 0.25) is 11.7 Å². The summed E-state index contributed by atoms with van der Waals surface area (Å²) in [5.41, 5.74) is 2.91. The molecule has 0 radical (unpaired) electrons. The molecule has 0 unspecified atom stereocenters. The van der Waals surface area contributed by atoms with E-state index in [0.717, 1.165) is 22.3 Å². The molecule has 2 aromatic heterocycles. The van der Waals surface area contributed by atoms with E-state index in [-0.39, 0.29) is 5.91 Å². The van der Waals surface area contributed by atoms with E-state index in [1.54, 1.807) is 0 Å². The van der Waals surface area contributed by atoms with Crippen molar-refractivity contribution >= 4 is 22.6 Å². The van der Waals surface area contributed by atoms with Crippen LogP contribution in [-0.2, 0) is 10.2 Å². The van der Waals surface area contributed by atoms with E-state index >= 15 is 0 Å². The molecule has 1 amide bonds. The highest BCUT2D eigenvalue weighted by molar-refractivity contribution is 6.07. The Morgan fingerprint density at radius 3 is 2.85 bits per heavy atom. The maximum atomic E-state index is 11.9. The lowest BCUT2D eigenvalue weighted by Crippen LogP contribution is -2.26. The number of anilines is 1. The number of rotatable bonds is 1. The summed E-state index contributed by atoms with van der Waals surface area (Å²) in [5.74, 6) is 1.13. The fourth-order valence-corrected chi connectivity index (χ4v) is 2.51. The van der Waals surface area contributed by atoms with Gasteiger partial charge >= 0.3 is 0 Å². The largest absolute Gasteiger partial charge is 0.335 e. The van der Waals surface area contributed by atoms with E-state index in [2.05, 4.69) is 30.5 Å². The van der Waals surface area contributed by atoms with Crippen LogP contribution in [0.4, 0.5) is 5.69 Å². The SMILES string of the molecule is CC1(C)C(=O)Nc2cc3[nH]c(-c4nc[nH]n4)nc3cc21. The standard InChI is InChI=1S/C13H12N6O/c1-13(2)6-3-8-9(4-7(6)18-12(13)20)17-11(16-8)10-14-5-15-19-10/h3-5H,1-2H3,(H,16,17)(H,18,20)(H,14,15,19). The van der Waals surface area contributed by atoms with Crippen LogP contribution in [0.2, 0.25) is 0 Å². The summed E-state index contributed by atoms with van der Waals surface area (Å²) in [6, 6.07) is 3.84. The second kappa shape index (κ2) is 3.44. The number of nitrogens with one attached hydrogen (secondary N) is 3. The summed E-state index contributed by atoms with van der Waals surface area (Å²) in [7, 11) is 0. The van der Waals surface area contributed by atoms with Crippen molar-refractivity contribution in [1.82, 2.24) is 25.1 Å². The number of amides is 1. The number of fused-ring (bicyclic) bond motifs is 2. The normalized spacial score (nSPS) is 16.4. The summed E-state index contributed by atoms with van der Waals surface area (Å²) < 4.78 is 0. The van der Waals surface area contributed by atoms with E-state index in [4.69, 9.17) is 0 Å². The van der Waals surface area contributed by atoms with Gasteiger partial charge in [0.25, 0.3) is 0 Å². The molecule has 0 aliphatic carbocycles. The molecule has 3 aromatic rings. The van der Waals surface area contributed by atoms with Crippen molar-refractivity contribution in [2.24, 2.45) is 0 Å². The smallest absolute Gasteiger partial charge is 0.234 e. The quantitative estimate of drug-likeness (QED) is 0.623. The molecule has 0 saturated heterocycles. The van der Waals surface area contributed by atoms with Crippen LogP contribution >= 0.6 is 0 Å². The molecular formula is C13H12N6O. The fourth-order valence-electron chi connectivity index (χ4n) is 2.51. The molecule has 7 heteroatoms. The molecule has 4 rings (SSSR count). The van der Waals surface area contributed by atoms with E-state index in [1.807, 2.05) is 26.0 Å². The lowest BCUT2D eigenvalue weighted by molar-refractivity contribution is -0.119. The highest BCUT2D eigenvalue weighted by Crippen LogP contribution is 2.39. The molecule has 0 saturated carbocycles. The minimum Gasteiger partial charge on any atom is -0.335 e. The average molecular weight is 268 g/mol. The van der Waals surface area contributed by atoms with Gasteiger partial charge in [-0.25, -0.2) is 9.97 Å². The van der Waals surface area contributed by atoms with Gasteiger partial charge in [0.1, 0.15) is 6.33 Å². The van der Waals surface area contributed by atoms with Crippen molar-refractivity contribution < 1.29 is 4.79 Å². The molecule has 3 heterocycles. The summed E-state index contributed by atoms with van der Waals surface area (Å²) in [6.07, 6.45) is 1.51. The van der Waals surface area contributed by atoms with Crippen molar-refractivity contribution in [3.63, 3.8) is 0 Å². The maximum absolute atomic E-state index is 11.9. The first kappa shape index (κ1) is 11.2. The third-order valence-corrected chi connectivity index (χ3v) is 3.74. The first-order valence-electron chi connectivity index (χ1n) is 6.27. The number of H-pyrrole nitrogens is 2. The van der Waals surface area contributed by atoms with Crippen LogP contribution in [0.1, 0.15) is 19.4 Å². The molecule has 3 N–H and O–H groups in total. The third kappa shape index (κ3) is 1.34. The topological polar surface area (TPSA) is 99.3 Å². The number of aromatic nitrogens is 5. The van der Waals surface area contributed by atoms with Crippen LogP contribution in [0.3, 0.4) is 0 Å². The monoisotopic (exact) mass is 268 g/mol. The van der Waals surface area contributed by atoms with Gasteiger partial charge in [0.15, 0.2) is 5.82 Å². The molecule has 0 atom stereocenters. The Bertz CT molecular complexity index is 830. The zero-order valence-electron chi connectivity index (χ0n) is 11.0. The number of benzene rings is 1. The molecule has 0 spiro atoms. The number of carbonyl (C=O) groups excluding carboxylic acids is 1. The average Bonchev–Trinajstić information content (AvgIpc) is 3.08. The molecule has 1 aromatic carbocycles. The lowest BCUT2D eigenvalue weighted by Gasteiger charge is -2.14. The number of carbonyl (C=O) groups is 1. The van der Waals surface area contributed by atoms with Gasteiger partial charge in [-0.1, -0.05) is 0 Å². The molecule has 0 fully saturated rings. The molecule has 20 heavy (non-hydrogen) atoms. The predicted molar refractivity (Wildman–Crippen MR) is 73.1 cm³/mol. The molecule has 7 nitrogen and oxygen atoms in total. The van der Waals surface area contributed by atoms with E-state index < -0.39 is 5.41 Å². The second-order valence-electron chi connectivity index (χ2n) is 5.40. The Morgan fingerprint density at radius 1 is 1.25 bits per heavy atom. The molecule has 1 aliphatic heterocycles. The molecule has 100 valence electrons.